The molecule has 0 heterocycles. The topological polar surface area (TPSA) is 26.0 Å². The number of hydrogen-bond donors (Lipinski definition) is 1. The van der Waals surface area contributed by atoms with Crippen LogP contribution in [0.5, 0.6) is 0 Å². The molecule has 86 valence electrons. The van der Waals surface area contributed by atoms with Gasteiger partial charge in [-0.3, -0.25) is 0 Å². The summed E-state index contributed by atoms with van der Waals surface area (Å²) in [5.41, 5.74) is 13.4. The summed E-state index contributed by atoms with van der Waals surface area (Å²) in [4.78, 5) is 0. The summed E-state index contributed by atoms with van der Waals surface area (Å²) >= 11 is 0. The molecule has 0 saturated carbocycles. The van der Waals surface area contributed by atoms with Crippen LogP contribution in [0.3, 0.4) is 0 Å². The highest BCUT2D eigenvalue weighted by Gasteiger charge is 2.09. The van der Waals surface area contributed by atoms with E-state index in [-0.39, 0.29) is 0 Å². The molecule has 2 N–H and O–H groups in total. The second-order valence-electron chi connectivity index (χ2n) is 4.34. The molecular formula is C15H21N. The molecule has 0 saturated heterocycles. The molecule has 0 aliphatic rings. The van der Waals surface area contributed by atoms with Crippen molar-refractivity contribution in [3.8, 4) is 11.8 Å². The lowest BCUT2D eigenvalue weighted by atomic mass is 9.90. The first kappa shape index (κ1) is 12.8. The van der Waals surface area contributed by atoms with Gasteiger partial charge in [-0.25, -0.2) is 0 Å². The number of rotatable bonds is 1. The van der Waals surface area contributed by atoms with Gasteiger partial charge in [-0.1, -0.05) is 11.8 Å². The molecule has 1 heteroatoms. The molecule has 0 fully saturated rings. The van der Waals surface area contributed by atoms with Crippen molar-refractivity contribution in [2.75, 3.05) is 6.54 Å². The molecule has 0 aliphatic heterocycles. The average Bonchev–Trinajstić information content (AvgIpc) is 2.28. The van der Waals surface area contributed by atoms with Crippen molar-refractivity contribution in [1.29, 1.82) is 0 Å². The van der Waals surface area contributed by atoms with E-state index in [1.165, 1.54) is 33.4 Å². The maximum Gasteiger partial charge on any atom is 0.0309 e. The maximum absolute atomic E-state index is 5.45. The number of hydrogen-bond acceptors (Lipinski definition) is 1. The van der Waals surface area contributed by atoms with Crippen molar-refractivity contribution in [3.63, 3.8) is 0 Å². The fraction of sp³-hybridized carbons (Fsp3) is 0.467. The first-order valence-electron chi connectivity index (χ1n) is 5.76. The molecule has 0 atom stereocenters. The summed E-state index contributed by atoms with van der Waals surface area (Å²) < 4.78 is 0. The molecule has 1 nitrogen and oxygen atoms in total. The molecule has 0 aliphatic carbocycles. The van der Waals surface area contributed by atoms with Gasteiger partial charge in [0.05, 0.1) is 0 Å². The van der Waals surface area contributed by atoms with Crippen molar-refractivity contribution in [3.05, 3.63) is 33.4 Å². The Kier molecular flexibility index (Phi) is 4.15. The summed E-state index contributed by atoms with van der Waals surface area (Å²) in [6.07, 6.45) is 0.769. The summed E-state index contributed by atoms with van der Waals surface area (Å²) in [7, 11) is 0. The van der Waals surface area contributed by atoms with Crippen LogP contribution in [0.15, 0.2) is 0 Å². The molecule has 1 rings (SSSR count). The van der Waals surface area contributed by atoms with Crippen molar-refractivity contribution < 1.29 is 0 Å². The minimum atomic E-state index is 0.634. The summed E-state index contributed by atoms with van der Waals surface area (Å²) in [5.74, 6) is 6.39. The molecule has 0 bridgehead atoms. The third-order valence-electron chi connectivity index (χ3n) is 3.48. The maximum atomic E-state index is 5.45. The third kappa shape index (κ3) is 2.28. The molecule has 0 radical (unpaired) electrons. The van der Waals surface area contributed by atoms with Gasteiger partial charge in [-0.15, -0.1) is 0 Å². The highest BCUT2D eigenvalue weighted by atomic mass is 14.5. The van der Waals surface area contributed by atoms with E-state index in [1.54, 1.807) is 0 Å². The van der Waals surface area contributed by atoms with Crippen LogP contribution in [-0.4, -0.2) is 6.54 Å². The van der Waals surface area contributed by atoms with Crippen molar-refractivity contribution >= 4 is 0 Å². The van der Waals surface area contributed by atoms with Crippen LogP contribution in [0, 0.1) is 46.5 Å². The van der Waals surface area contributed by atoms with Gasteiger partial charge in [0.1, 0.15) is 0 Å². The van der Waals surface area contributed by atoms with E-state index in [1.807, 2.05) is 0 Å². The van der Waals surface area contributed by atoms with Crippen LogP contribution in [0.4, 0.5) is 0 Å². The van der Waals surface area contributed by atoms with E-state index in [9.17, 15) is 0 Å². The lowest BCUT2D eigenvalue weighted by Gasteiger charge is -2.15. The predicted octanol–water partition coefficient (Wildman–Crippen LogP) is 2.93. The molecule has 0 amide bonds. The summed E-state index contributed by atoms with van der Waals surface area (Å²) in [5, 5.41) is 0. The van der Waals surface area contributed by atoms with E-state index in [2.05, 4.69) is 46.5 Å². The van der Waals surface area contributed by atoms with Gasteiger partial charge in [0, 0.05) is 18.5 Å². The second-order valence-corrected chi connectivity index (χ2v) is 4.34. The smallest absolute Gasteiger partial charge is 0.0309 e. The highest BCUT2D eigenvalue weighted by Crippen LogP contribution is 2.25. The zero-order valence-corrected chi connectivity index (χ0v) is 11.0. The Bertz CT molecular complexity index is 430. The third-order valence-corrected chi connectivity index (χ3v) is 3.48. The second kappa shape index (κ2) is 5.18. The first-order valence-corrected chi connectivity index (χ1v) is 5.76. The monoisotopic (exact) mass is 215 g/mol. The number of benzene rings is 1. The van der Waals surface area contributed by atoms with Crippen molar-refractivity contribution in [2.45, 2.75) is 41.0 Å². The van der Waals surface area contributed by atoms with Gasteiger partial charge in [0.2, 0.25) is 0 Å². The molecule has 0 spiro atoms. The standard InChI is InChI=1S/C15H21N/c1-10-11(2)13(4)15(8-6-7-9-16)14(5)12(10)3/h7,9,16H2,1-5H3. The predicted molar refractivity (Wildman–Crippen MR) is 70.7 cm³/mol. The van der Waals surface area contributed by atoms with Gasteiger partial charge in [0.15, 0.2) is 0 Å². The number of nitrogens with two attached hydrogens (primary N) is 1. The quantitative estimate of drug-likeness (QED) is 0.716. The molecule has 16 heavy (non-hydrogen) atoms. The summed E-state index contributed by atoms with van der Waals surface area (Å²) in [6.45, 7) is 11.5. The Hall–Kier alpha value is -1.26. The molecule has 0 unspecified atom stereocenters. The van der Waals surface area contributed by atoms with Crippen molar-refractivity contribution in [2.24, 2.45) is 5.73 Å². The van der Waals surface area contributed by atoms with Crippen LogP contribution >= 0.6 is 0 Å². The Morgan fingerprint density at radius 2 is 1.25 bits per heavy atom. The van der Waals surface area contributed by atoms with E-state index < -0.39 is 0 Å². The minimum Gasteiger partial charge on any atom is -0.330 e. The molecular weight excluding hydrogens is 194 g/mol. The lowest BCUT2D eigenvalue weighted by molar-refractivity contribution is 1.03. The molecule has 0 aromatic heterocycles. The van der Waals surface area contributed by atoms with Crippen LogP contribution in [-0.2, 0) is 0 Å². The van der Waals surface area contributed by atoms with Gasteiger partial charge in [-0.05, 0) is 62.4 Å². The Morgan fingerprint density at radius 1 is 0.812 bits per heavy atom. The van der Waals surface area contributed by atoms with E-state index >= 15 is 0 Å². The van der Waals surface area contributed by atoms with E-state index in [4.69, 9.17) is 5.73 Å². The average molecular weight is 215 g/mol. The zero-order chi connectivity index (χ0) is 12.3. The Labute approximate surface area is 99.1 Å². The van der Waals surface area contributed by atoms with Crippen LogP contribution in [0.25, 0.3) is 0 Å². The SMILES string of the molecule is Cc1c(C)c(C)c(C#CCCN)c(C)c1C. The normalized spacial score (nSPS) is 9.88. The Morgan fingerprint density at radius 3 is 1.69 bits per heavy atom. The first-order chi connectivity index (χ1) is 7.50. The minimum absolute atomic E-state index is 0.634. The van der Waals surface area contributed by atoms with Crippen LogP contribution in [0.1, 0.15) is 39.8 Å². The lowest BCUT2D eigenvalue weighted by Crippen LogP contribution is -2.00. The Balaban J connectivity index is 3.36. The van der Waals surface area contributed by atoms with Crippen LogP contribution in [0.2, 0.25) is 0 Å². The zero-order valence-electron chi connectivity index (χ0n) is 11.0. The van der Waals surface area contributed by atoms with Crippen LogP contribution < -0.4 is 5.73 Å². The van der Waals surface area contributed by atoms with E-state index in [0.29, 0.717) is 6.54 Å². The fourth-order valence-corrected chi connectivity index (χ4v) is 1.91. The van der Waals surface area contributed by atoms with Gasteiger partial charge in [0.25, 0.3) is 0 Å². The molecule has 1 aromatic carbocycles. The van der Waals surface area contributed by atoms with Crippen molar-refractivity contribution in [1.82, 2.24) is 0 Å². The molecule has 1 aromatic rings. The fourth-order valence-electron chi connectivity index (χ4n) is 1.91. The van der Waals surface area contributed by atoms with Gasteiger partial charge in [-0.2, -0.15) is 0 Å². The largest absolute Gasteiger partial charge is 0.330 e. The summed E-state index contributed by atoms with van der Waals surface area (Å²) in [6, 6.07) is 0. The van der Waals surface area contributed by atoms with Gasteiger partial charge >= 0.3 is 0 Å². The van der Waals surface area contributed by atoms with Gasteiger partial charge < -0.3 is 5.73 Å². The van der Waals surface area contributed by atoms with E-state index in [0.717, 1.165) is 6.42 Å². The highest BCUT2D eigenvalue weighted by molar-refractivity contribution is 5.56.